The Morgan fingerprint density at radius 2 is 2.19 bits per heavy atom. The molecule has 0 fully saturated rings. The van der Waals surface area contributed by atoms with Gasteiger partial charge in [-0.25, -0.2) is 13.4 Å². The van der Waals surface area contributed by atoms with Gasteiger partial charge in [-0.2, -0.15) is 0 Å². The molecule has 1 aliphatic rings. The Morgan fingerprint density at radius 1 is 1.43 bits per heavy atom. The van der Waals surface area contributed by atoms with Crippen LogP contribution in [-0.2, 0) is 33.2 Å². The van der Waals surface area contributed by atoms with Crippen molar-refractivity contribution in [2.24, 2.45) is 0 Å². The van der Waals surface area contributed by atoms with Crippen molar-refractivity contribution in [3.8, 4) is 0 Å². The molecule has 0 spiro atoms. The first-order valence-corrected chi connectivity index (χ1v) is 8.95. The number of carbonyl (C=O) groups is 1. The molecule has 1 aliphatic heterocycles. The van der Waals surface area contributed by atoms with Crippen LogP contribution in [0.4, 0.5) is 0 Å². The van der Waals surface area contributed by atoms with E-state index in [0.29, 0.717) is 27.3 Å². The van der Waals surface area contributed by atoms with E-state index in [0.717, 1.165) is 5.56 Å². The van der Waals surface area contributed by atoms with Gasteiger partial charge < -0.3 is 10.1 Å². The van der Waals surface area contributed by atoms with E-state index in [1.165, 1.54) is 11.3 Å². The number of sulfone groups is 1. The number of nitrogens with zero attached hydrogens (tertiary/aromatic N) is 1. The molecule has 0 bridgehead atoms. The first-order valence-electron chi connectivity index (χ1n) is 6.31. The summed E-state index contributed by atoms with van der Waals surface area (Å²) < 4.78 is 23.3. The molecule has 0 aliphatic carbocycles. The third-order valence-corrected chi connectivity index (χ3v) is 6.25. The fourth-order valence-corrected chi connectivity index (χ4v) is 5.45. The van der Waals surface area contributed by atoms with Gasteiger partial charge in [0, 0.05) is 11.3 Å². The minimum absolute atomic E-state index is 0.0477. The van der Waals surface area contributed by atoms with Crippen molar-refractivity contribution >= 4 is 37.4 Å². The highest BCUT2D eigenvalue weighted by Crippen LogP contribution is 2.33. The highest BCUT2D eigenvalue weighted by Gasteiger charge is 2.27. The summed E-state index contributed by atoms with van der Waals surface area (Å²) in [5.41, 5.74) is 0.445. The van der Waals surface area contributed by atoms with E-state index in [-0.39, 0.29) is 29.9 Å². The Balaban J connectivity index is 2.09. The van der Waals surface area contributed by atoms with Gasteiger partial charge in [0.1, 0.15) is 10.7 Å². The summed E-state index contributed by atoms with van der Waals surface area (Å²) >= 11 is 1.21. The second-order valence-electron chi connectivity index (χ2n) is 4.93. The molecule has 0 saturated carbocycles. The van der Waals surface area contributed by atoms with Crippen LogP contribution >= 0.6 is 11.3 Å². The first kappa shape index (κ1) is 14.2. The van der Waals surface area contributed by atoms with Gasteiger partial charge in [0.15, 0.2) is 9.84 Å². The van der Waals surface area contributed by atoms with E-state index in [1.807, 2.05) is 0 Å². The van der Waals surface area contributed by atoms with E-state index < -0.39 is 15.8 Å². The molecule has 0 saturated heterocycles. The van der Waals surface area contributed by atoms with Gasteiger partial charge in [0.25, 0.3) is 5.56 Å². The lowest BCUT2D eigenvalue weighted by Gasteiger charge is -2.11. The Morgan fingerprint density at radius 3 is 2.90 bits per heavy atom. The molecular formula is C12H12N2O5S2. The molecule has 0 atom stereocenters. The number of fused-ring (bicyclic) bond motifs is 3. The van der Waals surface area contributed by atoms with E-state index in [9.17, 15) is 18.0 Å². The maximum Gasteiger partial charge on any atom is 0.303 e. The molecule has 21 heavy (non-hydrogen) atoms. The van der Waals surface area contributed by atoms with Crippen LogP contribution in [0.1, 0.15) is 22.7 Å². The minimum Gasteiger partial charge on any atom is -0.481 e. The second kappa shape index (κ2) is 4.92. The fraction of sp³-hybridized carbons (Fsp3) is 0.417. The second-order valence-corrected chi connectivity index (χ2v) is 8.20. The zero-order chi connectivity index (χ0) is 15.2. The number of hydrogen-bond donors (Lipinski definition) is 2. The highest BCUT2D eigenvalue weighted by atomic mass is 32.2. The van der Waals surface area contributed by atoms with Gasteiger partial charge in [-0.05, 0) is 12.0 Å². The monoisotopic (exact) mass is 328 g/mol. The first-order chi connectivity index (χ1) is 9.85. The predicted molar refractivity (Wildman–Crippen MR) is 77.4 cm³/mol. The van der Waals surface area contributed by atoms with Gasteiger partial charge in [-0.15, -0.1) is 11.3 Å². The summed E-state index contributed by atoms with van der Waals surface area (Å²) in [6.07, 6.45) is 0.353. The Bertz CT molecular complexity index is 894. The number of aliphatic carboxylic acids is 1. The molecule has 2 aromatic heterocycles. The lowest BCUT2D eigenvalue weighted by molar-refractivity contribution is -0.137. The van der Waals surface area contributed by atoms with Crippen molar-refractivity contribution in [2.75, 3.05) is 5.75 Å². The molecule has 7 nitrogen and oxygen atoms in total. The van der Waals surface area contributed by atoms with Gasteiger partial charge in [0.2, 0.25) is 0 Å². The number of aryl methyl sites for hydroxylation is 2. The molecule has 9 heteroatoms. The number of rotatable bonds is 3. The lowest BCUT2D eigenvalue weighted by atomic mass is 10.1. The molecule has 2 N–H and O–H groups in total. The van der Waals surface area contributed by atoms with Crippen LogP contribution in [0.5, 0.6) is 0 Å². The summed E-state index contributed by atoms with van der Waals surface area (Å²) in [5, 5.41) is 9.11. The van der Waals surface area contributed by atoms with Crippen molar-refractivity contribution < 1.29 is 18.3 Å². The molecule has 0 aromatic carbocycles. The Kier molecular flexibility index (Phi) is 3.33. The third-order valence-electron chi connectivity index (χ3n) is 3.38. The molecule has 0 amide bonds. The molecule has 0 unspecified atom stereocenters. The van der Waals surface area contributed by atoms with Gasteiger partial charge in [-0.1, -0.05) is 0 Å². The van der Waals surface area contributed by atoms with Gasteiger partial charge >= 0.3 is 5.97 Å². The minimum atomic E-state index is -3.10. The van der Waals surface area contributed by atoms with Gasteiger partial charge in [-0.3, -0.25) is 9.59 Å². The van der Waals surface area contributed by atoms with E-state index in [1.54, 1.807) is 0 Å². The number of nitrogens with one attached hydrogen (secondary N) is 1. The van der Waals surface area contributed by atoms with Crippen molar-refractivity contribution in [3.63, 3.8) is 0 Å². The summed E-state index contributed by atoms with van der Waals surface area (Å²) in [5.74, 6) is -0.648. The number of thiophene rings is 1. The predicted octanol–water partition coefficient (Wildman–Crippen LogP) is 0.473. The van der Waals surface area contributed by atoms with Crippen molar-refractivity contribution in [1.82, 2.24) is 9.97 Å². The number of carboxylic acids is 1. The van der Waals surface area contributed by atoms with Crippen LogP contribution in [0.25, 0.3) is 10.2 Å². The van der Waals surface area contributed by atoms with Crippen molar-refractivity contribution in [2.45, 2.75) is 25.0 Å². The quantitative estimate of drug-likeness (QED) is 0.846. The smallest absolute Gasteiger partial charge is 0.303 e. The summed E-state index contributed by atoms with van der Waals surface area (Å²) in [7, 11) is -3.10. The molecule has 112 valence electrons. The van der Waals surface area contributed by atoms with Crippen LogP contribution in [0, 0.1) is 0 Å². The maximum atomic E-state index is 12.2. The van der Waals surface area contributed by atoms with Crippen LogP contribution in [0.2, 0.25) is 0 Å². The van der Waals surface area contributed by atoms with Crippen LogP contribution < -0.4 is 5.56 Å². The molecule has 0 radical (unpaired) electrons. The van der Waals surface area contributed by atoms with Crippen LogP contribution in [0.15, 0.2) is 4.79 Å². The topological polar surface area (TPSA) is 117 Å². The maximum absolute atomic E-state index is 12.2. The van der Waals surface area contributed by atoms with Crippen LogP contribution in [-0.4, -0.2) is 35.2 Å². The zero-order valence-electron chi connectivity index (χ0n) is 10.9. The summed E-state index contributed by atoms with van der Waals surface area (Å²) in [4.78, 5) is 30.7. The van der Waals surface area contributed by atoms with Crippen LogP contribution in [0.3, 0.4) is 0 Å². The standard InChI is InChI=1S/C12H12N2O5S2/c15-9(16)2-1-8-13-11(17)10-6-3-4-21(18,19)5-7(6)20-12(10)14-8/h1-5H2,(H,15,16)(H,13,14,17). The van der Waals surface area contributed by atoms with Crippen molar-refractivity contribution in [3.05, 3.63) is 26.6 Å². The molecule has 3 heterocycles. The number of hydrogen-bond acceptors (Lipinski definition) is 6. The zero-order valence-corrected chi connectivity index (χ0v) is 12.5. The largest absolute Gasteiger partial charge is 0.481 e. The normalized spacial score (nSPS) is 16.8. The van der Waals surface area contributed by atoms with E-state index >= 15 is 0 Å². The number of aromatic amines is 1. The molecule has 3 rings (SSSR count). The van der Waals surface area contributed by atoms with E-state index in [2.05, 4.69) is 9.97 Å². The Labute approximate surface area is 123 Å². The number of H-pyrrole nitrogens is 1. The highest BCUT2D eigenvalue weighted by molar-refractivity contribution is 7.90. The summed E-state index contributed by atoms with van der Waals surface area (Å²) in [6, 6.07) is 0. The average Bonchev–Trinajstić information content (AvgIpc) is 2.72. The van der Waals surface area contributed by atoms with Gasteiger partial charge in [0.05, 0.1) is 23.3 Å². The summed E-state index contributed by atoms with van der Waals surface area (Å²) in [6.45, 7) is 0. The molecule has 2 aromatic rings. The average molecular weight is 328 g/mol. The number of carboxylic acid groups (broad SMARTS) is 1. The van der Waals surface area contributed by atoms with Crippen molar-refractivity contribution in [1.29, 1.82) is 0 Å². The number of aromatic nitrogens is 2. The Hall–Kier alpha value is -1.74. The fourth-order valence-electron chi connectivity index (χ4n) is 2.41. The third kappa shape index (κ3) is 2.70. The van der Waals surface area contributed by atoms with E-state index in [4.69, 9.17) is 5.11 Å². The molecular weight excluding hydrogens is 316 g/mol. The SMILES string of the molecule is O=C(O)CCc1nc2sc3c(c2c(=O)[nH]1)CCS(=O)(=O)C3. The lowest BCUT2D eigenvalue weighted by Crippen LogP contribution is -2.19.